The van der Waals surface area contributed by atoms with Crippen molar-refractivity contribution in [3.63, 3.8) is 0 Å². The van der Waals surface area contributed by atoms with Crippen molar-refractivity contribution in [1.82, 2.24) is 25.3 Å². The lowest BCUT2D eigenvalue weighted by molar-refractivity contribution is -0.111. The van der Waals surface area contributed by atoms with Crippen molar-refractivity contribution in [2.24, 2.45) is 0 Å². The van der Waals surface area contributed by atoms with Crippen LogP contribution in [0.15, 0.2) is 60.8 Å². The molecule has 0 unspecified atom stereocenters. The van der Waals surface area contributed by atoms with Gasteiger partial charge in [0.25, 0.3) is 11.8 Å². The average molecular weight is 599 g/mol. The molecule has 0 aliphatic carbocycles. The van der Waals surface area contributed by atoms with Gasteiger partial charge in [-0.2, -0.15) is 5.10 Å². The number of halogens is 2. The van der Waals surface area contributed by atoms with Crippen LogP contribution < -0.4 is 16.0 Å². The smallest absolute Gasteiger partial charge is 0.271 e. The minimum atomic E-state index is -0.531. The van der Waals surface area contributed by atoms with E-state index in [4.69, 9.17) is 23.2 Å². The molecule has 0 bridgehead atoms. The van der Waals surface area contributed by atoms with Crippen LogP contribution in [0.1, 0.15) is 39.3 Å². The molecule has 216 valence electrons. The van der Waals surface area contributed by atoms with Gasteiger partial charge in [0.05, 0.1) is 27.5 Å². The molecular formula is C29H33Cl2N7O3. The maximum absolute atomic E-state index is 13.0. The molecule has 4 N–H and O–H groups in total. The summed E-state index contributed by atoms with van der Waals surface area (Å²) >= 11 is 12.3. The van der Waals surface area contributed by atoms with Crippen LogP contribution in [0.4, 0.5) is 11.4 Å². The Balaban J connectivity index is 1.24. The molecular weight excluding hydrogens is 565 g/mol. The number of benzene rings is 2. The molecule has 10 nitrogen and oxygen atoms in total. The highest BCUT2D eigenvalue weighted by molar-refractivity contribution is 6.40. The maximum Gasteiger partial charge on any atom is 0.271 e. The van der Waals surface area contributed by atoms with Crippen LogP contribution in [0, 0.1) is 0 Å². The molecule has 3 aromatic rings. The summed E-state index contributed by atoms with van der Waals surface area (Å²) in [5.74, 6) is -1.04. The summed E-state index contributed by atoms with van der Waals surface area (Å²) in [4.78, 5) is 42.1. The number of hydrogen-bond donors (Lipinski definition) is 4. The Kier molecular flexibility index (Phi) is 10.5. The number of piperidine rings is 1. The fourth-order valence-corrected chi connectivity index (χ4v) is 5.02. The third-order valence-corrected chi connectivity index (χ3v) is 7.22. The minimum absolute atomic E-state index is 0.0123. The quantitative estimate of drug-likeness (QED) is 0.257. The largest absolute Gasteiger partial charge is 0.348 e. The Morgan fingerprint density at radius 3 is 2.37 bits per heavy atom. The molecule has 0 saturated carbocycles. The molecule has 1 fully saturated rings. The summed E-state index contributed by atoms with van der Waals surface area (Å²) in [5.41, 5.74) is 2.42. The molecule has 1 aliphatic heterocycles. The number of rotatable bonds is 10. The average Bonchev–Trinajstić information content (AvgIpc) is 3.39. The lowest BCUT2D eigenvalue weighted by Crippen LogP contribution is -2.44. The summed E-state index contributed by atoms with van der Waals surface area (Å²) in [6.45, 7) is 3.11. The van der Waals surface area contributed by atoms with Crippen LogP contribution in [0.2, 0.25) is 10.0 Å². The molecule has 0 atom stereocenters. The van der Waals surface area contributed by atoms with Gasteiger partial charge >= 0.3 is 0 Å². The van der Waals surface area contributed by atoms with Gasteiger partial charge in [-0.25, -0.2) is 0 Å². The summed E-state index contributed by atoms with van der Waals surface area (Å²) in [6, 6.07) is 12.6. The first-order chi connectivity index (χ1) is 19.7. The molecule has 1 aliphatic rings. The van der Waals surface area contributed by atoms with Gasteiger partial charge in [-0.3, -0.25) is 24.4 Å². The molecule has 1 saturated heterocycles. The van der Waals surface area contributed by atoms with Crippen LogP contribution >= 0.6 is 23.2 Å². The molecule has 41 heavy (non-hydrogen) atoms. The molecule has 0 spiro atoms. The van der Waals surface area contributed by atoms with E-state index in [0.29, 0.717) is 6.54 Å². The number of H-pyrrole nitrogens is 1. The van der Waals surface area contributed by atoms with Crippen molar-refractivity contribution in [2.75, 3.05) is 44.4 Å². The van der Waals surface area contributed by atoms with Crippen LogP contribution in [-0.4, -0.2) is 77.5 Å². The van der Waals surface area contributed by atoms with Gasteiger partial charge < -0.3 is 20.9 Å². The predicted octanol–water partition coefficient (Wildman–Crippen LogP) is 4.42. The minimum Gasteiger partial charge on any atom is -0.348 e. The second-order valence-electron chi connectivity index (χ2n) is 10.1. The normalized spacial score (nSPS) is 14.4. The van der Waals surface area contributed by atoms with E-state index < -0.39 is 5.91 Å². The Bertz CT molecular complexity index is 1380. The number of anilines is 2. The monoisotopic (exact) mass is 597 g/mol. The zero-order chi connectivity index (χ0) is 29.4. The van der Waals surface area contributed by atoms with E-state index in [9.17, 15) is 14.4 Å². The highest BCUT2D eigenvalue weighted by Crippen LogP contribution is 2.26. The number of aromatic nitrogens is 2. The Labute approximate surface area is 249 Å². The van der Waals surface area contributed by atoms with Gasteiger partial charge in [-0.15, -0.1) is 0 Å². The van der Waals surface area contributed by atoms with Gasteiger partial charge in [0.15, 0.2) is 0 Å². The predicted molar refractivity (Wildman–Crippen MR) is 162 cm³/mol. The number of nitrogens with zero attached hydrogens (tertiary/aromatic N) is 3. The van der Waals surface area contributed by atoms with Crippen LogP contribution in [0.25, 0.3) is 0 Å². The maximum atomic E-state index is 13.0. The number of nitrogens with one attached hydrogen (secondary N) is 4. The van der Waals surface area contributed by atoms with E-state index in [1.807, 2.05) is 49.3 Å². The van der Waals surface area contributed by atoms with Crippen LogP contribution in [0.3, 0.4) is 0 Å². The topological polar surface area (TPSA) is 122 Å². The Morgan fingerprint density at radius 2 is 1.71 bits per heavy atom. The molecule has 1 aromatic heterocycles. The number of hydrogen-bond acceptors (Lipinski definition) is 6. The van der Waals surface area contributed by atoms with Crippen LogP contribution in [0.5, 0.6) is 0 Å². The summed E-state index contributed by atoms with van der Waals surface area (Å²) in [6.07, 6.45) is 6.30. The van der Waals surface area contributed by atoms with Gasteiger partial charge in [0.1, 0.15) is 5.69 Å². The Morgan fingerprint density at radius 1 is 1.02 bits per heavy atom. The van der Waals surface area contributed by atoms with E-state index in [1.165, 1.54) is 12.3 Å². The molecule has 2 aromatic carbocycles. The van der Waals surface area contributed by atoms with Crippen molar-refractivity contribution < 1.29 is 14.4 Å². The number of amides is 3. The fraction of sp³-hybridized carbons (Fsp3) is 0.310. The van der Waals surface area contributed by atoms with Crippen LogP contribution in [-0.2, 0) is 11.3 Å². The third kappa shape index (κ3) is 8.64. The van der Waals surface area contributed by atoms with Gasteiger partial charge in [-0.05, 0) is 56.8 Å². The van der Waals surface area contributed by atoms with Crippen molar-refractivity contribution in [1.29, 1.82) is 0 Å². The van der Waals surface area contributed by atoms with E-state index in [2.05, 4.69) is 31.0 Å². The summed E-state index contributed by atoms with van der Waals surface area (Å²) in [5, 5.41) is 15.6. The van der Waals surface area contributed by atoms with E-state index >= 15 is 0 Å². The SMILES string of the molecule is CN(C)CC=CC(=O)Nc1ccc(CN2CCC(NC(=O)c3[nH]ncc3NC(=O)c3c(Cl)cccc3Cl)CC2)cc1. The van der Waals surface area contributed by atoms with E-state index in [0.717, 1.165) is 43.7 Å². The van der Waals surface area contributed by atoms with Gasteiger partial charge in [0, 0.05) is 44.0 Å². The van der Waals surface area contributed by atoms with E-state index in [-0.39, 0.29) is 44.8 Å². The summed E-state index contributed by atoms with van der Waals surface area (Å²) < 4.78 is 0. The Hall–Kier alpha value is -3.70. The fourth-order valence-electron chi connectivity index (χ4n) is 4.45. The lowest BCUT2D eigenvalue weighted by Gasteiger charge is -2.32. The highest BCUT2D eigenvalue weighted by Gasteiger charge is 2.24. The second kappa shape index (κ2) is 14.3. The number of carbonyl (C=O) groups excluding carboxylic acids is 3. The van der Waals surface area contributed by atoms with Crippen molar-refractivity contribution in [3.8, 4) is 0 Å². The second-order valence-corrected chi connectivity index (χ2v) is 10.9. The standard InChI is InChI=1S/C29H33Cl2N7O3/c1-37(2)14-4-7-25(39)33-20-10-8-19(9-11-20)18-38-15-12-21(13-16-38)34-29(41)27-24(17-32-36-27)35-28(40)26-22(30)5-3-6-23(26)31/h3-11,17,21H,12-16,18H2,1-2H3,(H,32,36)(H,33,39)(H,34,41)(H,35,40). The third-order valence-electron chi connectivity index (χ3n) is 6.59. The number of likely N-dealkylation sites (N-methyl/N-ethyl adjacent to an activating group) is 1. The zero-order valence-electron chi connectivity index (χ0n) is 22.9. The van der Waals surface area contributed by atoms with Crippen molar-refractivity contribution >= 4 is 52.3 Å². The lowest BCUT2D eigenvalue weighted by atomic mass is 10.0. The number of likely N-dealkylation sites (tertiary alicyclic amines) is 1. The summed E-state index contributed by atoms with van der Waals surface area (Å²) in [7, 11) is 3.89. The van der Waals surface area contributed by atoms with Gasteiger partial charge in [-0.1, -0.05) is 47.5 Å². The first kappa shape index (κ1) is 30.3. The molecule has 0 radical (unpaired) electrons. The number of carbonyl (C=O) groups is 3. The van der Waals surface area contributed by atoms with Crippen molar-refractivity contribution in [2.45, 2.75) is 25.4 Å². The molecule has 12 heteroatoms. The highest BCUT2D eigenvalue weighted by atomic mass is 35.5. The molecule has 3 amide bonds. The van der Waals surface area contributed by atoms with Gasteiger partial charge in [0.2, 0.25) is 5.91 Å². The first-order valence-electron chi connectivity index (χ1n) is 13.2. The zero-order valence-corrected chi connectivity index (χ0v) is 24.4. The first-order valence-corrected chi connectivity index (χ1v) is 14.0. The number of aromatic amines is 1. The van der Waals surface area contributed by atoms with E-state index in [1.54, 1.807) is 18.2 Å². The van der Waals surface area contributed by atoms with Crippen molar-refractivity contribution in [3.05, 3.63) is 87.7 Å². The molecule has 2 heterocycles. The molecule has 4 rings (SSSR count).